The molecular formula is C31H53IN2O5. The van der Waals surface area contributed by atoms with Crippen LogP contribution in [0.5, 0.6) is 0 Å². The van der Waals surface area contributed by atoms with Crippen LogP contribution in [0.4, 0.5) is 4.79 Å². The Labute approximate surface area is 254 Å². The predicted octanol–water partition coefficient (Wildman–Crippen LogP) is 4.00. The Hall–Kier alpha value is -1.26. The molecule has 2 unspecified atom stereocenters. The molecule has 2 heterocycles. The van der Waals surface area contributed by atoms with E-state index in [1.165, 1.54) is 96.8 Å². The molecule has 0 spiro atoms. The van der Waals surface area contributed by atoms with Crippen LogP contribution in [0.15, 0.2) is 24.4 Å². The van der Waals surface area contributed by atoms with Crippen LogP contribution in [0.25, 0.3) is 0 Å². The summed E-state index contributed by atoms with van der Waals surface area (Å²) in [5.41, 5.74) is 0.837. The Bertz CT molecular complexity index is 794. The number of unbranched alkanes of at least 4 members (excludes halogenated alkanes) is 14. The van der Waals surface area contributed by atoms with Crippen molar-refractivity contribution in [3.63, 3.8) is 0 Å². The Morgan fingerprint density at radius 1 is 0.923 bits per heavy atom. The summed E-state index contributed by atoms with van der Waals surface area (Å²) >= 11 is 0. The van der Waals surface area contributed by atoms with E-state index in [1.807, 2.05) is 36.0 Å². The second-order valence-electron chi connectivity index (χ2n) is 10.7. The molecule has 1 aliphatic heterocycles. The van der Waals surface area contributed by atoms with Crippen molar-refractivity contribution in [1.82, 2.24) is 4.90 Å². The van der Waals surface area contributed by atoms with E-state index >= 15 is 0 Å². The van der Waals surface area contributed by atoms with Crippen molar-refractivity contribution in [3.8, 4) is 0 Å². The number of carbonyl (C=O) groups is 2. The molecule has 2 atom stereocenters. The Morgan fingerprint density at radius 2 is 1.49 bits per heavy atom. The number of hydrogen-bond donors (Lipinski definition) is 0. The van der Waals surface area contributed by atoms with Gasteiger partial charge in [0.05, 0.1) is 6.61 Å². The molecule has 0 saturated carbocycles. The zero-order valence-electron chi connectivity index (χ0n) is 24.7. The highest BCUT2D eigenvalue weighted by molar-refractivity contribution is 5.90. The fraction of sp³-hybridized carbons (Fsp3) is 0.774. The molecular weight excluding hydrogens is 607 g/mol. The minimum Gasteiger partial charge on any atom is -1.00 e. The van der Waals surface area contributed by atoms with Gasteiger partial charge in [-0.2, -0.15) is 0 Å². The van der Waals surface area contributed by atoms with Crippen LogP contribution < -0.4 is 28.5 Å². The molecule has 0 aliphatic carbocycles. The summed E-state index contributed by atoms with van der Waals surface area (Å²) in [5, 5.41) is 0. The molecule has 1 aliphatic rings. The molecule has 2 amide bonds. The lowest BCUT2D eigenvalue weighted by molar-refractivity contribution is -0.679. The Kier molecular flexibility index (Phi) is 20.6. The van der Waals surface area contributed by atoms with Crippen LogP contribution in [-0.4, -0.2) is 42.5 Å². The third kappa shape index (κ3) is 15.9. The number of aromatic nitrogens is 1. The number of carbonyl (C=O) groups excluding carboxylic acids is 2. The van der Waals surface area contributed by atoms with Gasteiger partial charge in [0, 0.05) is 19.1 Å². The number of imide groups is 1. The Morgan fingerprint density at radius 3 is 2.03 bits per heavy atom. The summed E-state index contributed by atoms with van der Waals surface area (Å²) < 4.78 is 18.9. The number of aryl methyl sites for hydroxylation is 1. The smallest absolute Gasteiger partial charge is 0.417 e. The third-order valence-corrected chi connectivity index (χ3v) is 7.33. The van der Waals surface area contributed by atoms with E-state index in [0.717, 1.165) is 23.4 Å². The molecule has 0 aromatic carbocycles. The first-order valence-corrected chi connectivity index (χ1v) is 15.2. The van der Waals surface area contributed by atoms with Crippen molar-refractivity contribution in [3.05, 3.63) is 30.1 Å². The van der Waals surface area contributed by atoms with Gasteiger partial charge in [-0.05, 0) is 12.8 Å². The van der Waals surface area contributed by atoms with Crippen LogP contribution in [0.2, 0.25) is 0 Å². The zero-order chi connectivity index (χ0) is 27.4. The van der Waals surface area contributed by atoms with Crippen LogP contribution in [0.3, 0.4) is 0 Å². The first-order chi connectivity index (χ1) is 18.5. The van der Waals surface area contributed by atoms with E-state index < -0.39 is 6.09 Å². The topological polar surface area (TPSA) is 69.0 Å². The monoisotopic (exact) mass is 660 g/mol. The van der Waals surface area contributed by atoms with Crippen LogP contribution in [0.1, 0.15) is 122 Å². The number of halogens is 1. The van der Waals surface area contributed by atoms with Gasteiger partial charge >= 0.3 is 6.09 Å². The van der Waals surface area contributed by atoms with Crippen molar-refractivity contribution in [2.75, 3.05) is 13.2 Å². The highest BCUT2D eigenvalue weighted by atomic mass is 127. The summed E-state index contributed by atoms with van der Waals surface area (Å²) in [5.74, 6) is -0.353. The molecule has 8 heteroatoms. The average molecular weight is 661 g/mol. The summed E-state index contributed by atoms with van der Waals surface area (Å²) in [6.07, 6.45) is 21.8. The minimum absolute atomic E-state index is 0. The van der Waals surface area contributed by atoms with E-state index in [0.29, 0.717) is 6.61 Å². The Balaban J connectivity index is 0.00000760. The molecule has 1 aromatic heterocycles. The van der Waals surface area contributed by atoms with E-state index in [2.05, 4.69) is 6.92 Å². The second-order valence-corrected chi connectivity index (χ2v) is 10.7. The first-order valence-electron chi connectivity index (χ1n) is 15.2. The van der Waals surface area contributed by atoms with E-state index in [9.17, 15) is 9.59 Å². The van der Waals surface area contributed by atoms with Crippen LogP contribution in [-0.2, 0) is 32.6 Å². The van der Waals surface area contributed by atoms with Gasteiger partial charge in [-0.1, -0.05) is 103 Å². The maximum atomic E-state index is 12.5. The highest BCUT2D eigenvalue weighted by Crippen LogP contribution is 2.19. The maximum absolute atomic E-state index is 12.5. The zero-order valence-corrected chi connectivity index (χ0v) is 26.9. The summed E-state index contributed by atoms with van der Waals surface area (Å²) in [4.78, 5) is 25.7. The number of ether oxygens (including phenoxy) is 3. The summed E-state index contributed by atoms with van der Waals surface area (Å²) in [7, 11) is 1.88. The molecule has 0 bridgehead atoms. The fourth-order valence-corrected chi connectivity index (χ4v) is 4.86. The van der Waals surface area contributed by atoms with Crippen LogP contribution in [0, 0.1) is 0 Å². The van der Waals surface area contributed by atoms with Gasteiger partial charge in [-0.25, -0.2) is 14.3 Å². The van der Waals surface area contributed by atoms with Gasteiger partial charge in [-0.15, -0.1) is 0 Å². The molecule has 7 nitrogen and oxygen atoms in total. The SMILES string of the molecule is CCCCCCCCCCCCCCCCCC1OCC(COC(=O)N(Cc2cccc[n+]2C)C(C)=O)O1.[I-]. The number of hydrogen-bond acceptors (Lipinski definition) is 5. The molecule has 2 rings (SSSR count). The van der Waals surface area contributed by atoms with Crippen molar-refractivity contribution < 1.29 is 52.3 Å². The molecule has 1 aromatic rings. The van der Waals surface area contributed by atoms with Gasteiger partial charge < -0.3 is 38.2 Å². The predicted molar refractivity (Wildman–Crippen MR) is 149 cm³/mol. The van der Waals surface area contributed by atoms with Gasteiger partial charge in [-0.3, -0.25) is 4.79 Å². The summed E-state index contributed by atoms with van der Waals surface area (Å²) in [6, 6.07) is 5.65. The first kappa shape index (κ1) is 35.8. The quantitative estimate of drug-likeness (QED) is 0.120. The minimum atomic E-state index is -0.657. The standard InChI is InChI=1S/C31H53N2O5.HI/c1-4-5-6-7-8-9-10-11-12-13-14-15-16-17-18-22-30-36-25-29(38-30)26-37-31(35)33(27(2)34)24-28-21-19-20-23-32(28)3;/h19-21,23,29-30H,4-18,22,24-26H2,1-3H3;1H/q+1;/p-1. The molecule has 39 heavy (non-hydrogen) atoms. The molecule has 1 fully saturated rings. The number of rotatable bonds is 20. The molecule has 0 radical (unpaired) electrons. The largest absolute Gasteiger partial charge is 1.00 e. The summed E-state index contributed by atoms with van der Waals surface area (Å²) in [6.45, 7) is 4.29. The van der Waals surface area contributed by atoms with Crippen molar-refractivity contribution in [2.24, 2.45) is 7.05 Å². The second kappa shape index (κ2) is 22.4. The lowest BCUT2D eigenvalue weighted by Gasteiger charge is -2.18. The lowest BCUT2D eigenvalue weighted by atomic mass is 10.0. The van der Waals surface area contributed by atoms with Gasteiger partial charge in [0.2, 0.25) is 11.6 Å². The van der Waals surface area contributed by atoms with Gasteiger partial charge in [0.25, 0.3) is 0 Å². The fourth-order valence-electron chi connectivity index (χ4n) is 4.86. The van der Waals surface area contributed by atoms with E-state index in [-0.39, 0.29) is 55.4 Å². The van der Waals surface area contributed by atoms with Crippen molar-refractivity contribution in [1.29, 1.82) is 0 Å². The molecule has 1 saturated heterocycles. The lowest BCUT2D eigenvalue weighted by Crippen LogP contribution is -3.00. The number of amides is 2. The highest BCUT2D eigenvalue weighted by Gasteiger charge is 2.29. The van der Waals surface area contributed by atoms with Gasteiger partial charge in [0.15, 0.2) is 12.5 Å². The number of pyridine rings is 1. The third-order valence-electron chi connectivity index (χ3n) is 7.33. The normalized spacial score (nSPS) is 16.6. The molecule has 224 valence electrons. The van der Waals surface area contributed by atoms with Gasteiger partial charge in [0.1, 0.15) is 26.3 Å². The van der Waals surface area contributed by atoms with E-state index in [4.69, 9.17) is 14.2 Å². The van der Waals surface area contributed by atoms with Crippen LogP contribution >= 0.6 is 0 Å². The molecule has 0 N–H and O–H groups in total. The average Bonchev–Trinajstić information content (AvgIpc) is 3.36. The maximum Gasteiger partial charge on any atom is 0.417 e. The van der Waals surface area contributed by atoms with E-state index in [1.54, 1.807) is 0 Å². The number of nitrogens with zero attached hydrogens (tertiary/aromatic N) is 2. The van der Waals surface area contributed by atoms with Crippen molar-refractivity contribution >= 4 is 12.0 Å². The van der Waals surface area contributed by atoms with Crippen molar-refractivity contribution in [2.45, 2.75) is 136 Å².